The molecule has 1 aromatic heterocycles. The Labute approximate surface area is 165 Å². The molecule has 0 bridgehead atoms. The van der Waals surface area contributed by atoms with Gasteiger partial charge in [-0.15, -0.1) is 0 Å². The van der Waals surface area contributed by atoms with Gasteiger partial charge in [0.25, 0.3) is 11.8 Å². The SMILES string of the molecule is Cc1ccc(N2CCc3c(C(N)=O)nn(-c4cc(F)cc(F)c4)c3C2=O)c(C)c1. The number of nitrogens with zero attached hydrogens (tertiary/aromatic N) is 3. The maximum atomic E-state index is 13.8. The van der Waals surface area contributed by atoms with Crippen molar-refractivity contribution >= 4 is 17.5 Å². The average molecular weight is 396 g/mol. The van der Waals surface area contributed by atoms with E-state index in [-0.39, 0.29) is 17.1 Å². The summed E-state index contributed by atoms with van der Waals surface area (Å²) in [5, 5.41) is 4.12. The first-order valence-corrected chi connectivity index (χ1v) is 9.03. The minimum Gasteiger partial charge on any atom is -0.364 e. The van der Waals surface area contributed by atoms with Gasteiger partial charge in [-0.3, -0.25) is 9.59 Å². The van der Waals surface area contributed by atoms with Crippen LogP contribution in [0.15, 0.2) is 36.4 Å². The van der Waals surface area contributed by atoms with Crippen LogP contribution in [0.3, 0.4) is 0 Å². The Balaban J connectivity index is 1.90. The number of rotatable bonds is 3. The number of halogens is 2. The van der Waals surface area contributed by atoms with Crippen LogP contribution in [0.25, 0.3) is 5.69 Å². The van der Waals surface area contributed by atoms with Crippen molar-refractivity contribution in [1.82, 2.24) is 9.78 Å². The molecular weight excluding hydrogens is 378 g/mol. The van der Waals surface area contributed by atoms with Crippen molar-refractivity contribution in [3.63, 3.8) is 0 Å². The van der Waals surface area contributed by atoms with Crippen LogP contribution < -0.4 is 10.6 Å². The molecule has 1 aliphatic heterocycles. The summed E-state index contributed by atoms with van der Waals surface area (Å²) in [5.41, 5.74) is 8.53. The molecule has 0 atom stereocenters. The molecule has 0 saturated heterocycles. The highest BCUT2D eigenvalue weighted by atomic mass is 19.1. The second-order valence-electron chi connectivity index (χ2n) is 7.08. The fraction of sp³-hybridized carbons (Fsp3) is 0.190. The fourth-order valence-corrected chi connectivity index (χ4v) is 3.74. The molecule has 0 aliphatic carbocycles. The predicted molar refractivity (Wildman–Crippen MR) is 103 cm³/mol. The minimum atomic E-state index is -0.820. The van der Waals surface area contributed by atoms with Crippen molar-refractivity contribution in [2.24, 2.45) is 5.73 Å². The van der Waals surface area contributed by atoms with Gasteiger partial charge in [0.2, 0.25) is 0 Å². The zero-order valence-electron chi connectivity index (χ0n) is 15.9. The van der Waals surface area contributed by atoms with Crippen LogP contribution in [0.5, 0.6) is 0 Å². The van der Waals surface area contributed by atoms with Gasteiger partial charge >= 0.3 is 0 Å². The second-order valence-corrected chi connectivity index (χ2v) is 7.08. The maximum absolute atomic E-state index is 13.8. The number of carbonyl (C=O) groups is 2. The van der Waals surface area contributed by atoms with Crippen LogP contribution in [0, 0.1) is 25.5 Å². The minimum absolute atomic E-state index is 0.00192. The van der Waals surface area contributed by atoms with E-state index >= 15 is 0 Å². The zero-order valence-corrected chi connectivity index (χ0v) is 15.9. The summed E-state index contributed by atoms with van der Waals surface area (Å²) >= 11 is 0. The van der Waals surface area contributed by atoms with Crippen LogP contribution in [-0.2, 0) is 6.42 Å². The molecule has 0 unspecified atom stereocenters. The normalized spacial score (nSPS) is 13.5. The number of anilines is 1. The molecule has 0 saturated carbocycles. The number of primary amides is 1. The molecule has 0 fully saturated rings. The van der Waals surface area contributed by atoms with Gasteiger partial charge in [-0.05, 0) is 44.0 Å². The van der Waals surface area contributed by atoms with Gasteiger partial charge < -0.3 is 10.6 Å². The van der Waals surface area contributed by atoms with E-state index in [1.54, 1.807) is 4.90 Å². The number of benzene rings is 2. The molecule has 2 aromatic carbocycles. The highest BCUT2D eigenvalue weighted by Crippen LogP contribution is 2.31. The first kappa shape index (κ1) is 18.8. The number of aryl methyl sites for hydroxylation is 2. The van der Waals surface area contributed by atoms with Gasteiger partial charge in [-0.25, -0.2) is 13.5 Å². The molecule has 2 amide bonds. The van der Waals surface area contributed by atoms with Crippen LogP contribution in [0.1, 0.15) is 37.7 Å². The molecule has 3 aromatic rings. The molecule has 8 heteroatoms. The topological polar surface area (TPSA) is 81.2 Å². The van der Waals surface area contributed by atoms with Crippen LogP contribution in [-0.4, -0.2) is 28.1 Å². The number of hydrogen-bond acceptors (Lipinski definition) is 3. The van der Waals surface area contributed by atoms with Crippen molar-refractivity contribution in [3.8, 4) is 5.69 Å². The van der Waals surface area contributed by atoms with E-state index in [1.807, 2.05) is 32.0 Å². The fourth-order valence-electron chi connectivity index (χ4n) is 3.74. The lowest BCUT2D eigenvalue weighted by Gasteiger charge is -2.29. The van der Waals surface area contributed by atoms with Gasteiger partial charge in [-0.1, -0.05) is 17.7 Å². The van der Waals surface area contributed by atoms with E-state index in [1.165, 1.54) is 0 Å². The van der Waals surface area contributed by atoms with E-state index in [4.69, 9.17) is 5.73 Å². The number of hydrogen-bond donors (Lipinski definition) is 1. The Morgan fingerprint density at radius 3 is 2.41 bits per heavy atom. The second kappa shape index (κ2) is 6.80. The predicted octanol–water partition coefficient (Wildman–Crippen LogP) is 3.07. The first-order valence-electron chi connectivity index (χ1n) is 9.03. The summed E-state index contributed by atoms with van der Waals surface area (Å²) in [7, 11) is 0. The lowest BCUT2D eigenvalue weighted by Crippen LogP contribution is -2.39. The monoisotopic (exact) mass is 396 g/mol. The van der Waals surface area contributed by atoms with E-state index < -0.39 is 23.4 Å². The Hall–Kier alpha value is -3.55. The maximum Gasteiger partial charge on any atom is 0.277 e. The van der Waals surface area contributed by atoms with Gasteiger partial charge in [0.1, 0.15) is 17.3 Å². The standard InChI is InChI=1S/C21H18F2N4O2/c1-11-3-4-17(12(2)7-11)26-6-5-16-18(20(24)28)25-27(19(16)21(26)29)15-9-13(22)8-14(23)10-15/h3-4,7-10H,5-6H2,1-2H3,(H2,24,28). The smallest absolute Gasteiger partial charge is 0.277 e. The summed E-state index contributed by atoms with van der Waals surface area (Å²) in [5.74, 6) is -2.86. The molecule has 29 heavy (non-hydrogen) atoms. The van der Waals surface area contributed by atoms with E-state index in [9.17, 15) is 18.4 Å². The highest BCUT2D eigenvalue weighted by Gasteiger charge is 2.35. The third-order valence-corrected chi connectivity index (χ3v) is 4.99. The van der Waals surface area contributed by atoms with Crippen molar-refractivity contribution in [3.05, 3.63) is 76.1 Å². The zero-order chi connectivity index (χ0) is 20.9. The largest absolute Gasteiger partial charge is 0.364 e. The van der Waals surface area contributed by atoms with Gasteiger partial charge in [-0.2, -0.15) is 5.10 Å². The first-order chi connectivity index (χ1) is 13.8. The van der Waals surface area contributed by atoms with Crippen molar-refractivity contribution in [2.45, 2.75) is 20.3 Å². The summed E-state index contributed by atoms with van der Waals surface area (Å²) in [4.78, 5) is 26.8. The van der Waals surface area contributed by atoms with Crippen molar-refractivity contribution in [2.75, 3.05) is 11.4 Å². The summed E-state index contributed by atoms with van der Waals surface area (Å²) in [6.45, 7) is 4.19. The number of amides is 2. The number of nitrogens with two attached hydrogens (primary N) is 1. The number of fused-ring (bicyclic) bond motifs is 1. The van der Waals surface area contributed by atoms with Gasteiger partial charge in [0, 0.05) is 23.9 Å². The van der Waals surface area contributed by atoms with Crippen molar-refractivity contribution < 1.29 is 18.4 Å². The average Bonchev–Trinajstić information content (AvgIpc) is 3.03. The molecule has 2 heterocycles. The van der Waals surface area contributed by atoms with Gasteiger partial charge in [0.15, 0.2) is 5.69 Å². The van der Waals surface area contributed by atoms with E-state index in [0.29, 0.717) is 18.5 Å². The lowest BCUT2D eigenvalue weighted by molar-refractivity contribution is 0.0972. The molecule has 1 aliphatic rings. The van der Waals surface area contributed by atoms with E-state index in [2.05, 4.69) is 5.10 Å². The van der Waals surface area contributed by atoms with Crippen LogP contribution in [0.2, 0.25) is 0 Å². The highest BCUT2D eigenvalue weighted by molar-refractivity contribution is 6.09. The molecule has 6 nitrogen and oxygen atoms in total. The summed E-state index contributed by atoms with van der Waals surface area (Å²) < 4.78 is 28.6. The lowest BCUT2D eigenvalue weighted by atomic mass is 10.0. The number of aromatic nitrogens is 2. The molecule has 148 valence electrons. The Bertz CT molecular complexity index is 1150. The Morgan fingerprint density at radius 1 is 1.10 bits per heavy atom. The summed E-state index contributed by atoms with van der Waals surface area (Å²) in [6, 6.07) is 8.53. The molecular formula is C21H18F2N4O2. The molecule has 4 rings (SSSR count). The van der Waals surface area contributed by atoms with E-state index in [0.717, 1.165) is 39.7 Å². The molecule has 0 spiro atoms. The van der Waals surface area contributed by atoms with Crippen LogP contribution in [0.4, 0.5) is 14.5 Å². The van der Waals surface area contributed by atoms with Crippen molar-refractivity contribution in [1.29, 1.82) is 0 Å². The summed E-state index contributed by atoms with van der Waals surface area (Å²) in [6.07, 6.45) is 0.338. The Kier molecular flexibility index (Phi) is 4.41. The van der Waals surface area contributed by atoms with Gasteiger partial charge in [0.05, 0.1) is 5.69 Å². The third-order valence-electron chi connectivity index (χ3n) is 4.99. The third kappa shape index (κ3) is 3.16. The Morgan fingerprint density at radius 2 is 1.79 bits per heavy atom. The number of carbonyl (C=O) groups excluding carboxylic acids is 2. The quantitative estimate of drug-likeness (QED) is 0.739. The molecule has 2 N–H and O–H groups in total. The molecule has 0 radical (unpaired) electrons. The van der Waals surface area contributed by atoms with Crippen LogP contribution >= 0.6 is 0 Å².